The summed E-state index contributed by atoms with van der Waals surface area (Å²) in [5.41, 5.74) is 0.976. The first-order valence-electron chi connectivity index (χ1n) is 4.57. The molecular weight excluding hydrogens is 179 g/mol. The maximum atomic E-state index is 12.6. The lowest BCUT2D eigenvalue weighted by atomic mass is 10.2. The zero-order valence-corrected chi connectivity index (χ0v) is 8.20. The van der Waals surface area contributed by atoms with Crippen LogP contribution in [-0.2, 0) is 0 Å². The van der Waals surface area contributed by atoms with Crippen molar-refractivity contribution >= 4 is 5.69 Å². The minimum absolute atomic E-state index is 0.223. The molecule has 0 aliphatic rings. The molecule has 0 bridgehead atoms. The first-order chi connectivity index (χ1) is 6.74. The molecule has 0 N–H and O–H groups in total. The highest BCUT2D eigenvalue weighted by Gasteiger charge is 1.99. The Kier molecular flexibility index (Phi) is 3.93. The van der Waals surface area contributed by atoms with Gasteiger partial charge in [-0.25, -0.2) is 4.39 Å². The zero-order valence-electron chi connectivity index (χ0n) is 8.20. The summed E-state index contributed by atoms with van der Waals surface area (Å²) in [6, 6.07) is 8.45. The van der Waals surface area contributed by atoms with Crippen LogP contribution in [0.25, 0.3) is 0 Å². The summed E-state index contributed by atoms with van der Waals surface area (Å²) < 4.78 is 12.6. The Hall–Kier alpha value is -1.56. The molecule has 0 saturated carbocycles. The minimum atomic E-state index is -0.223. The van der Waals surface area contributed by atoms with E-state index in [1.54, 1.807) is 12.1 Å². The molecule has 1 aromatic rings. The van der Waals surface area contributed by atoms with Crippen molar-refractivity contribution in [1.29, 1.82) is 5.26 Å². The van der Waals surface area contributed by atoms with Crippen molar-refractivity contribution in [2.75, 3.05) is 18.5 Å². The van der Waals surface area contributed by atoms with Crippen LogP contribution in [0.3, 0.4) is 0 Å². The molecule has 0 radical (unpaired) electrons. The highest BCUT2D eigenvalue weighted by Crippen LogP contribution is 2.13. The molecule has 0 amide bonds. The van der Waals surface area contributed by atoms with Crippen molar-refractivity contribution in [2.24, 2.45) is 0 Å². The number of benzene rings is 1. The van der Waals surface area contributed by atoms with E-state index in [1.165, 1.54) is 12.1 Å². The van der Waals surface area contributed by atoms with Gasteiger partial charge in [0.05, 0.1) is 6.07 Å². The maximum Gasteiger partial charge on any atom is 0.123 e. The summed E-state index contributed by atoms with van der Waals surface area (Å²) in [6.45, 7) is 0.819. The number of hydrogen-bond acceptors (Lipinski definition) is 2. The van der Waals surface area contributed by atoms with Crippen LogP contribution in [0.15, 0.2) is 24.3 Å². The molecule has 1 rings (SSSR count). The van der Waals surface area contributed by atoms with Gasteiger partial charge in [-0.3, -0.25) is 0 Å². The van der Waals surface area contributed by atoms with E-state index in [9.17, 15) is 4.39 Å². The molecule has 1 aromatic carbocycles. The normalized spacial score (nSPS) is 9.50. The van der Waals surface area contributed by atoms with E-state index < -0.39 is 0 Å². The average molecular weight is 192 g/mol. The molecular formula is C11H13FN2. The van der Waals surface area contributed by atoms with Gasteiger partial charge in [-0.2, -0.15) is 5.26 Å². The van der Waals surface area contributed by atoms with Gasteiger partial charge in [0.2, 0.25) is 0 Å². The molecule has 0 aliphatic heterocycles. The van der Waals surface area contributed by atoms with Crippen LogP contribution in [0.5, 0.6) is 0 Å². The standard InChI is InChI=1S/C11H13FN2/c1-14(9-3-2-8-13)11-6-4-10(12)5-7-11/h4-7H,2-3,9H2,1H3. The molecule has 0 saturated heterocycles. The van der Waals surface area contributed by atoms with E-state index in [-0.39, 0.29) is 5.82 Å². The second-order valence-electron chi connectivity index (χ2n) is 3.16. The molecule has 0 aromatic heterocycles. The molecule has 0 fully saturated rings. The quantitative estimate of drug-likeness (QED) is 0.685. The van der Waals surface area contributed by atoms with Crippen LogP contribution in [0.2, 0.25) is 0 Å². The van der Waals surface area contributed by atoms with Gasteiger partial charge in [-0.05, 0) is 30.7 Å². The van der Waals surface area contributed by atoms with Crippen molar-refractivity contribution < 1.29 is 4.39 Å². The monoisotopic (exact) mass is 192 g/mol. The topological polar surface area (TPSA) is 27.0 Å². The summed E-state index contributed by atoms with van der Waals surface area (Å²) >= 11 is 0. The van der Waals surface area contributed by atoms with E-state index in [0.717, 1.165) is 18.7 Å². The zero-order chi connectivity index (χ0) is 10.4. The summed E-state index contributed by atoms with van der Waals surface area (Å²) in [5.74, 6) is -0.223. The first kappa shape index (κ1) is 10.5. The van der Waals surface area contributed by atoms with Gasteiger partial charge in [-0.1, -0.05) is 0 Å². The van der Waals surface area contributed by atoms with Crippen LogP contribution in [0, 0.1) is 17.1 Å². The highest BCUT2D eigenvalue weighted by atomic mass is 19.1. The van der Waals surface area contributed by atoms with Gasteiger partial charge in [0, 0.05) is 25.7 Å². The Balaban J connectivity index is 2.48. The lowest BCUT2D eigenvalue weighted by Crippen LogP contribution is -2.18. The number of rotatable bonds is 4. The predicted octanol–water partition coefficient (Wildman–Crippen LogP) is 2.57. The van der Waals surface area contributed by atoms with E-state index in [0.29, 0.717) is 6.42 Å². The van der Waals surface area contributed by atoms with Crippen LogP contribution < -0.4 is 4.90 Å². The summed E-state index contributed by atoms with van der Waals surface area (Å²) in [7, 11) is 1.94. The van der Waals surface area contributed by atoms with E-state index >= 15 is 0 Å². The van der Waals surface area contributed by atoms with Crippen LogP contribution in [0.4, 0.5) is 10.1 Å². The summed E-state index contributed by atoms with van der Waals surface area (Å²) in [5, 5.41) is 8.37. The maximum absolute atomic E-state index is 12.6. The number of nitriles is 1. The first-order valence-corrected chi connectivity index (χ1v) is 4.57. The molecule has 2 nitrogen and oxygen atoms in total. The van der Waals surface area contributed by atoms with Crippen molar-refractivity contribution in [2.45, 2.75) is 12.8 Å². The molecule has 0 aliphatic carbocycles. The van der Waals surface area contributed by atoms with Crippen LogP contribution in [-0.4, -0.2) is 13.6 Å². The minimum Gasteiger partial charge on any atom is -0.375 e. The average Bonchev–Trinajstić information content (AvgIpc) is 2.19. The van der Waals surface area contributed by atoms with Gasteiger partial charge in [0.1, 0.15) is 5.82 Å². The third-order valence-corrected chi connectivity index (χ3v) is 2.05. The number of halogens is 1. The summed E-state index contributed by atoms with van der Waals surface area (Å²) in [6.07, 6.45) is 1.40. The third-order valence-electron chi connectivity index (χ3n) is 2.05. The summed E-state index contributed by atoms with van der Waals surface area (Å²) in [4.78, 5) is 2.01. The van der Waals surface area contributed by atoms with Crippen LogP contribution in [0.1, 0.15) is 12.8 Å². The molecule has 0 spiro atoms. The van der Waals surface area contributed by atoms with Crippen molar-refractivity contribution in [3.05, 3.63) is 30.1 Å². The number of anilines is 1. The second kappa shape index (κ2) is 5.23. The Morgan fingerprint density at radius 3 is 2.57 bits per heavy atom. The fraction of sp³-hybridized carbons (Fsp3) is 0.364. The van der Waals surface area contributed by atoms with Crippen LogP contribution >= 0.6 is 0 Å². The smallest absolute Gasteiger partial charge is 0.123 e. The Bertz CT molecular complexity index is 313. The van der Waals surface area contributed by atoms with E-state index in [4.69, 9.17) is 5.26 Å². The molecule has 14 heavy (non-hydrogen) atoms. The van der Waals surface area contributed by atoms with E-state index in [2.05, 4.69) is 6.07 Å². The van der Waals surface area contributed by atoms with Crippen molar-refractivity contribution in [3.8, 4) is 6.07 Å². The second-order valence-corrected chi connectivity index (χ2v) is 3.16. The fourth-order valence-corrected chi connectivity index (χ4v) is 1.22. The Morgan fingerprint density at radius 1 is 1.36 bits per heavy atom. The number of unbranched alkanes of at least 4 members (excludes halogenated alkanes) is 1. The third kappa shape index (κ3) is 3.06. The predicted molar refractivity (Wildman–Crippen MR) is 54.5 cm³/mol. The van der Waals surface area contributed by atoms with Gasteiger partial charge >= 0.3 is 0 Å². The van der Waals surface area contributed by atoms with Gasteiger partial charge in [0.25, 0.3) is 0 Å². The molecule has 0 unspecified atom stereocenters. The van der Waals surface area contributed by atoms with Crippen molar-refractivity contribution in [1.82, 2.24) is 0 Å². The van der Waals surface area contributed by atoms with Gasteiger partial charge in [0.15, 0.2) is 0 Å². The largest absolute Gasteiger partial charge is 0.375 e. The molecule has 0 atom stereocenters. The fourth-order valence-electron chi connectivity index (χ4n) is 1.22. The van der Waals surface area contributed by atoms with Gasteiger partial charge < -0.3 is 4.90 Å². The number of nitrogens with zero attached hydrogens (tertiary/aromatic N) is 2. The Morgan fingerprint density at radius 2 is 2.00 bits per heavy atom. The van der Waals surface area contributed by atoms with Gasteiger partial charge in [-0.15, -0.1) is 0 Å². The van der Waals surface area contributed by atoms with Crippen molar-refractivity contribution in [3.63, 3.8) is 0 Å². The van der Waals surface area contributed by atoms with E-state index in [1.807, 2.05) is 11.9 Å². The molecule has 74 valence electrons. The molecule has 3 heteroatoms. The number of hydrogen-bond donors (Lipinski definition) is 0. The lowest BCUT2D eigenvalue weighted by molar-refractivity contribution is 0.627. The molecule has 0 heterocycles. The lowest BCUT2D eigenvalue weighted by Gasteiger charge is -2.18. The Labute approximate surface area is 83.6 Å². The SMILES string of the molecule is CN(CCCC#N)c1ccc(F)cc1. The highest BCUT2D eigenvalue weighted by molar-refractivity contribution is 5.45.